The third-order valence-corrected chi connectivity index (χ3v) is 7.54. The number of benzene rings is 3. The van der Waals surface area contributed by atoms with E-state index >= 15 is 0 Å². The number of amides is 3. The molecule has 1 unspecified atom stereocenters. The van der Waals surface area contributed by atoms with E-state index in [1.807, 2.05) is 54.6 Å². The second-order valence-electron chi connectivity index (χ2n) is 9.94. The Morgan fingerprint density at radius 1 is 1.00 bits per heavy atom. The van der Waals surface area contributed by atoms with Crippen molar-refractivity contribution in [2.24, 2.45) is 5.92 Å². The Balaban J connectivity index is 1.16. The van der Waals surface area contributed by atoms with Crippen molar-refractivity contribution >= 4 is 51.5 Å². The second kappa shape index (κ2) is 10.9. The highest BCUT2D eigenvalue weighted by atomic mass is 35.5. The highest BCUT2D eigenvalue weighted by Crippen LogP contribution is 2.27. The number of anilines is 2. The number of nitrogens with one attached hydrogen (secondary N) is 1. The number of carbonyl (C=O) groups excluding carboxylic acids is 3. The third kappa shape index (κ3) is 5.78. The van der Waals surface area contributed by atoms with Crippen LogP contribution in [0.25, 0.3) is 10.8 Å². The van der Waals surface area contributed by atoms with Gasteiger partial charge in [-0.25, -0.2) is 0 Å². The number of likely N-dealkylation sites (tertiary alicyclic amines) is 1. The van der Waals surface area contributed by atoms with Crippen molar-refractivity contribution in [2.75, 3.05) is 49.6 Å². The first-order chi connectivity index (χ1) is 17.9. The predicted octanol–water partition coefficient (Wildman–Crippen LogP) is 4.33. The highest BCUT2D eigenvalue weighted by Gasteiger charge is 2.31. The third-order valence-electron chi connectivity index (χ3n) is 7.30. The second-order valence-corrected chi connectivity index (χ2v) is 10.4. The first kappa shape index (κ1) is 25.2. The Morgan fingerprint density at radius 2 is 1.73 bits per heavy atom. The van der Waals surface area contributed by atoms with Crippen molar-refractivity contribution in [3.8, 4) is 0 Å². The van der Waals surface area contributed by atoms with E-state index in [9.17, 15) is 14.4 Å². The molecule has 3 amide bonds. The lowest BCUT2D eigenvalue weighted by molar-refractivity contribution is -0.119. The van der Waals surface area contributed by atoms with Crippen LogP contribution >= 0.6 is 11.6 Å². The van der Waals surface area contributed by atoms with Crippen LogP contribution in [0.1, 0.15) is 29.6 Å². The zero-order valence-corrected chi connectivity index (χ0v) is 21.7. The van der Waals surface area contributed by atoms with Gasteiger partial charge in [-0.05, 0) is 85.2 Å². The van der Waals surface area contributed by atoms with Gasteiger partial charge in [0.2, 0.25) is 11.8 Å². The molecule has 0 spiro atoms. The first-order valence-corrected chi connectivity index (χ1v) is 13.1. The summed E-state index contributed by atoms with van der Waals surface area (Å²) < 4.78 is 0. The van der Waals surface area contributed by atoms with Crippen LogP contribution in [-0.4, -0.2) is 62.4 Å². The smallest absolute Gasteiger partial charge is 0.251 e. The van der Waals surface area contributed by atoms with Crippen molar-refractivity contribution in [3.05, 3.63) is 71.2 Å². The molecule has 5 rings (SSSR count). The lowest BCUT2D eigenvalue weighted by Gasteiger charge is -2.22. The fourth-order valence-electron chi connectivity index (χ4n) is 5.10. The summed E-state index contributed by atoms with van der Waals surface area (Å²) in [6, 6.07) is 18.7. The van der Waals surface area contributed by atoms with Gasteiger partial charge in [0.25, 0.3) is 5.91 Å². The van der Waals surface area contributed by atoms with E-state index < -0.39 is 0 Å². The molecule has 37 heavy (non-hydrogen) atoms. The number of fused-ring (bicyclic) bond motifs is 1. The zero-order chi connectivity index (χ0) is 25.9. The lowest BCUT2D eigenvalue weighted by atomic mass is 10.1. The highest BCUT2D eigenvalue weighted by molar-refractivity contribution is 6.31. The normalized spacial score (nSPS) is 17.9. The van der Waals surface area contributed by atoms with Crippen LogP contribution in [0.4, 0.5) is 11.4 Å². The Hall–Kier alpha value is -3.42. The van der Waals surface area contributed by atoms with Gasteiger partial charge >= 0.3 is 0 Å². The summed E-state index contributed by atoms with van der Waals surface area (Å²) >= 11 is 6.09. The van der Waals surface area contributed by atoms with E-state index in [0.717, 1.165) is 48.1 Å². The monoisotopic (exact) mass is 518 g/mol. The molecular weight excluding hydrogens is 488 g/mol. The van der Waals surface area contributed by atoms with E-state index in [0.29, 0.717) is 36.6 Å². The van der Waals surface area contributed by atoms with Crippen LogP contribution in [0.2, 0.25) is 5.02 Å². The van der Waals surface area contributed by atoms with Gasteiger partial charge in [0, 0.05) is 54.4 Å². The van der Waals surface area contributed by atoms with Crippen molar-refractivity contribution in [2.45, 2.75) is 19.3 Å². The maximum absolute atomic E-state index is 12.8. The number of likely N-dealkylation sites (N-methyl/N-ethyl adjacent to an activating group) is 1. The van der Waals surface area contributed by atoms with Crippen LogP contribution in [-0.2, 0) is 9.59 Å². The minimum atomic E-state index is -0.168. The van der Waals surface area contributed by atoms with Crippen LogP contribution in [0.5, 0.6) is 0 Å². The molecule has 2 aliphatic rings. The molecule has 0 aliphatic carbocycles. The number of nitrogens with zero attached hydrogens (tertiary/aromatic N) is 3. The van der Waals surface area contributed by atoms with Gasteiger partial charge in [0.15, 0.2) is 0 Å². The molecule has 0 radical (unpaired) electrons. The predicted molar refractivity (Wildman–Crippen MR) is 147 cm³/mol. The average Bonchev–Trinajstić information content (AvgIpc) is 3.55. The van der Waals surface area contributed by atoms with Crippen molar-refractivity contribution in [1.82, 2.24) is 10.2 Å². The molecule has 0 saturated carbocycles. The summed E-state index contributed by atoms with van der Waals surface area (Å²) in [5, 5.41) is 5.54. The van der Waals surface area contributed by atoms with Crippen LogP contribution < -0.4 is 15.1 Å². The number of rotatable bonds is 7. The van der Waals surface area contributed by atoms with E-state index in [1.54, 1.807) is 22.9 Å². The van der Waals surface area contributed by atoms with Crippen LogP contribution in [0.15, 0.2) is 60.7 Å². The van der Waals surface area contributed by atoms with Crippen LogP contribution in [0, 0.1) is 5.92 Å². The average molecular weight is 519 g/mol. The first-order valence-electron chi connectivity index (χ1n) is 12.7. The minimum Gasteiger partial charge on any atom is -0.352 e. The molecule has 0 bridgehead atoms. The summed E-state index contributed by atoms with van der Waals surface area (Å²) in [6.07, 6.45) is 2.68. The number of halogens is 1. The summed E-state index contributed by atoms with van der Waals surface area (Å²) in [5.74, 6) is -0.0440. The van der Waals surface area contributed by atoms with E-state index in [1.165, 1.54) is 0 Å². The Labute approximate surface area is 222 Å². The Morgan fingerprint density at radius 3 is 2.49 bits per heavy atom. The SMILES string of the molecule is CN(C(=O)CN1CCCC1)c1ccc(N2CC(CNC(=O)c3ccc4ccc(Cl)cc4c3)CC2=O)cc1. The minimum absolute atomic E-state index is 0.0238. The summed E-state index contributed by atoms with van der Waals surface area (Å²) in [5.41, 5.74) is 2.17. The molecule has 3 aromatic carbocycles. The largest absolute Gasteiger partial charge is 0.352 e. The van der Waals surface area contributed by atoms with Gasteiger partial charge in [0.05, 0.1) is 6.54 Å². The van der Waals surface area contributed by atoms with E-state index in [2.05, 4.69) is 10.2 Å². The van der Waals surface area contributed by atoms with Gasteiger partial charge in [0.1, 0.15) is 0 Å². The molecule has 2 aliphatic heterocycles. The van der Waals surface area contributed by atoms with Crippen molar-refractivity contribution in [3.63, 3.8) is 0 Å². The molecule has 2 saturated heterocycles. The molecule has 1 atom stereocenters. The molecular formula is C29H31ClN4O3. The molecule has 8 heteroatoms. The Kier molecular flexibility index (Phi) is 7.44. The molecule has 2 fully saturated rings. The Bertz CT molecular complexity index is 1320. The fourth-order valence-corrected chi connectivity index (χ4v) is 5.28. The molecule has 7 nitrogen and oxygen atoms in total. The quantitative estimate of drug-likeness (QED) is 0.505. The molecule has 3 aromatic rings. The van der Waals surface area contributed by atoms with Gasteiger partial charge in [-0.1, -0.05) is 23.7 Å². The molecule has 2 heterocycles. The van der Waals surface area contributed by atoms with Crippen LogP contribution in [0.3, 0.4) is 0 Å². The number of hydrogen-bond donors (Lipinski definition) is 1. The summed E-state index contributed by atoms with van der Waals surface area (Å²) in [7, 11) is 1.79. The van der Waals surface area contributed by atoms with Crippen molar-refractivity contribution in [1.29, 1.82) is 0 Å². The maximum atomic E-state index is 12.8. The number of carbonyl (C=O) groups is 3. The number of hydrogen-bond acceptors (Lipinski definition) is 4. The van der Waals surface area contributed by atoms with Crippen molar-refractivity contribution < 1.29 is 14.4 Å². The fraction of sp³-hybridized carbons (Fsp3) is 0.345. The molecule has 0 aromatic heterocycles. The van der Waals surface area contributed by atoms with Gasteiger partial charge in [-0.15, -0.1) is 0 Å². The van der Waals surface area contributed by atoms with E-state index in [-0.39, 0.29) is 23.6 Å². The molecule has 192 valence electrons. The zero-order valence-electron chi connectivity index (χ0n) is 21.0. The maximum Gasteiger partial charge on any atom is 0.251 e. The standard InChI is InChI=1S/C29H31ClN4O3/c1-32(28(36)19-33-12-2-3-13-33)25-8-10-26(11-9-25)34-18-20(14-27(34)35)17-31-29(37)22-5-4-21-6-7-24(30)16-23(21)15-22/h4-11,15-16,20H,2-3,12-14,17-19H2,1H3,(H,31,37). The summed E-state index contributed by atoms with van der Waals surface area (Å²) in [4.78, 5) is 43.7. The molecule has 1 N–H and O–H groups in total. The summed E-state index contributed by atoms with van der Waals surface area (Å²) in [6.45, 7) is 3.35. The van der Waals surface area contributed by atoms with Gasteiger partial charge in [-0.3, -0.25) is 19.3 Å². The van der Waals surface area contributed by atoms with E-state index in [4.69, 9.17) is 11.6 Å². The van der Waals surface area contributed by atoms with Gasteiger partial charge in [-0.2, -0.15) is 0 Å². The van der Waals surface area contributed by atoms with Gasteiger partial charge < -0.3 is 15.1 Å². The lowest BCUT2D eigenvalue weighted by Crippen LogP contribution is -2.37. The topological polar surface area (TPSA) is 73.0 Å².